The molecule has 70 valence electrons. The molecule has 12 heavy (non-hydrogen) atoms. The maximum Gasteiger partial charge on any atom is 0.329 e. The number of carboxylic acid groups (broad SMARTS) is 1. The predicted octanol–water partition coefficient (Wildman–Crippen LogP) is 0.842. The Hall–Kier alpha value is -0.680. The smallest absolute Gasteiger partial charge is 0.329 e. The SMILES string of the molecule is CCCOC(=S)COCC(=O)O. The lowest BCUT2D eigenvalue weighted by atomic mass is 10.5. The fourth-order valence-electron chi connectivity index (χ4n) is 0.479. The minimum Gasteiger partial charge on any atom is -0.485 e. The second kappa shape index (κ2) is 7.00. The van der Waals surface area contributed by atoms with Gasteiger partial charge in [0, 0.05) is 0 Å². The van der Waals surface area contributed by atoms with Crippen molar-refractivity contribution in [2.75, 3.05) is 19.8 Å². The Bertz CT molecular complexity index is 157. The van der Waals surface area contributed by atoms with E-state index in [2.05, 4.69) is 4.74 Å². The molecular weight excluding hydrogens is 180 g/mol. The van der Waals surface area contributed by atoms with Crippen LogP contribution >= 0.6 is 12.2 Å². The lowest BCUT2D eigenvalue weighted by Crippen LogP contribution is -2.15. The van der Waals surface area contributed by atoms with Gasteiger partial charge in [0.1, 0.15) is 13.2 Å². The van der Waals surface area contributed by atoms with Crippen molar-refractivity contribution in [1.29, 1.82) is 0 Å². The molecule has 0 heterocycles. The van der Waals surface area contributed by atoms with Gasteiger partial charge < -0.3 is 14.6 Å². The third kappa shape index (κ3) is 7.43. The summed E-state index contributed by atoms with van der Waals surface area (Å²) in [5, 5.41) is 8.50. The lowest BCUT2D eigenvalue weighted by molar-refractivity contribution is -0.141. The normalized spacial score (nSPS) is 9.42. The molecule has 0 aromatic carbocycles. The minimum absolute atomic E-state index is 0.0711. The van der Waals surface area contributed by atoms with Crippen LogP contribution in [0.4, 0.5) is 0 Å². The first-order valence-corrected chi connectivity index (χ1v) is 4.02. The average molecular weight is 192 g/mol. The van der Waals surface area contributed by atoms with Crippen molar-refractivity contribution in [1.82, 2.24) is 0 Å². The van der Waals surface area contributed by atoms with E-state index in [-0.39, 0.29) is 13.2 Å². The Balaban J connectivity index is 3.25. The standard InChI is InChI=1S/C7H12O4S/c1-2-3-11-7(12)5-10-4-6(8)9/h2-5H2,1H3,(H,8,9). The zero-order chi connectivity index (χ0) is 9.40. The Morgan fingerprint density at radius 1 is 1.50 bits per heavy atom. The summed E-state index contributed by atoms with van der Waals surface area (Å²) in [6, 6.07) is 0. The summed E-state index contributed by atoms with van der Waals surface area (Å²) >= 11 is 4.73. The van der Waals surface area contributed by atoms with Crippen molar-refractivity contribution in [3.05, 3.63) is 0 Å². The molecule has 0 aromatic rings. The van der Waals surface area contributed by atoms with E-state index in [0.29, 0.717) is 11.7 Å². The molecule has 0 aromatic heterocycles. The van der Waals surface area contributed by atoms with Crippen molar-refractivity contribution < 1.29 is 19.4 Å². The Morgan fingerprint density at radius 3 is 2.67 bits per heavy atom. The summed E-state index contributed by atoms with van der Waals surface area (Å²) in [6.07, 6.45) is 0.874. The molecule has 0 atom stereocenters. The molecule has 0 rings (SSSR count). The van der Waals surface area contributed by atoms with Crippen LogP contribution in [0.3, 0.4) is 0 Å². The van der Waals surface area contributed by atoms with Crippen LogP contribution in [0.2, 0.25) is 0 Å². The number of carbonyl (C=O) groups is 1. The second-order valence-corrected chi connectivity index (χ2v) is 2.56. The number of ether oxygens (including phenoxy) is 2. The third-order valence-electron chi connectivity index (χ3n) is 0.913. The van der Waals surface area contributed by atoms with Crippen LogP contribution in [0.5, 0.6) is 0 Å². The maximum atomic E-state index is 9.99. The quantitative estimate of drug-likeness (QED) is 0.632. The van der Waals surface area contributed by atoms with Gasteiger partial charge in [-0.3, -0.25) is 0 Å². The van der Waals surface area contributed by atoms with Gasteiger partial charge in [0.25, 0.3) is 0 Å². The average Bonchev–Trinajstić information content (AvgIpc) is 2.00. The van der Waals surface area contributed by atoms with Gasteiger partial charge >= 0.3 is 5.97 Å². The van der Waals surface area contributed by atoms with Crippen LogP contribution in [0.15, 0.2) is 0 Å². The van der Waals surface area contributed by atoms with Gasteiger partial charge in [0.05, 0.1) is 6.61 Å². The van der Waals surface area contributed by atoms with Gasteiger partial charge in [-0.1, -0.05) is 6.92 Å². The molecule has 0 spiro atoms. The van der Waals surface area contributed by atoms with Crippen LogP contribution < -0.4 is 0 Å². The fraction of sp³-hybridized carbons (Fsp3) is 0.714. The van der Waals surface area contributed by atoms with E-state index in [4.69, 9.17) is 22.1 Å². The van der Waals surface area contributed by atoms with Gasteiger partial charge in [-0.2, -0.15) is 0 Å². The van der Waals surface area contributed by atoms with E-state index in [9.17, 15) is 4.79 Å². The van der Waals surface area contributed by atoms with E-state index in [1.807, 2.05) is 6.92 Å². The predicted molar refractivity (Wildman–Crippen MR) is 47.3 cm³/mol. The van der Waals surface area contributed by atoms with Gasteiger partial charge in [-0.15, -0.1) is 0 Å². The molecule has 0 saturated heterocycles. The Morgan fingerprint density at radius 2 is 2.17 bits per heavy atom. The molecule has 0 aliphatic carbocycles. The molecule has 0 unspecified atom stereocenters. The summed E-state index contributed by atoms with van der Waals surface area (Å²) in [7, 11) is 0. The molecule has 0 fully saturated rings. The first kappa shape index (κ1) is 11.3. The van der Waals surface area contributed by atoms with Gasteiger partial charge in [0.2, 0.25) is 0 Å². The molecule has 0 saturated carbocycles. The Labute approximate surface area is 76.5 Å². The molecule has 0 aliphatic rings. The third-order valence-corrected chi connectivity index (χ3v) is 1.15. The second-order valence-electron chi connectivity index (χ2n) is 2.11. The van der Waals surface area contributed by atoms with Crippen LogP contribution in [0, 0.1) is 0 Å². The maximum absolute atomic E-state index is 9.99. The molecule has 4 nitrogen and oxygen atoms in total. The molecule has 1 N–H and O–H groups in total. The molecule has 0 amide bonds. The van der Waals surface area contributed by atoms with E-state index in [1.165, 1.54) is 0 Å². The van der Waals surface area contributed by atoms with Crippen molar-refractivity contribution in [3.8, 4) is 0 Å². The molecule has 0 radical (unpaired) electrons. The number of hydrogen-bond donors (Lipinski definition) is 1. The highest BCUT2D eigenvalue weighted by Gasteiger charge is 2.00. The molecule has 5 heteroatoms. The van der Waals surface area contributed by atoms with Crippen LogP contribution in [0.25, 0.3) is 0 Å². The largest absolute Gasteiger partial charge is 0.485 e. The zero-order valence-corrected chi connectivity index (χ0v) is 7.73. The lowest BCUT2D eigenvalue weighted by Gasteiger charge is -2.04. The molecule has 0 aliphatic heterocycles. The highest BCUT2D eigenvalue weighted by atomic mass is 32.1. The van der Waals surface area contributed by atoms with E-state index in [0.717, 1.165) is 6.42 Å². The number of hydrogen-bond acceptors (Lipinski definition) is 4. The highest BCUT2D eigenvalue weighted by Crippen LogP contribution is 1.87. The molecule has 0 bridgehead atoms. The van der Waals surface area contributed by atoms with Crippen molar-refractivity contribution in [3.63, 3.8) is 0 Å². The van der Waals surface area contributed by atoms with Crippen LogP contribution in [-0.2, 0) is 14.3 Å². The van der Waals surface area contributed by atoms with Gasteiger partial charge in [-0.05, 0) is 18.6 Å². The van der Waals surface area contributed by atoms with E-state index >= 15 is 0 Å². The van der Waals surface area contributed by atoms with Crippen LogP contribution in [0.1, 0.15) is 13.3 Å². The first-order valence-electron chi connectivity index (χ1n) is 3.62. The van der Waals surface area contributed by atoms with Crippen LogP contribution in [-0.4, -0.2) is 35.9 Å². The monoisotopic (exact) mass is 192 g/mol. The van der Waals surface area contributed by atoms with E-state index in [1.54, 1.807) is 0 Å². The molecular formula is C7H12O4S. The minimum atomic E-state index is -1.01. The Kier molecular flexibility index (Phi) is 6.60. The zero-order valence-electron chi connectivity index (χ0n) is 6.91. The van der Waals surface area contributed by atoms with Crippen molar-refractivity contribution in [2.24, 2.45) is 0 Å². The number of thiocarbonyl (C=S) groups is 1. The summed E-state index contributed by atoms with van der Waals surface area (Å²) in [6.45, 7) is 2.24. The fourth-order valence-corrected chi connectivity index (χ4v) is 0.646. The van der Waals surface area contributed by atoms with Crippen molar-refractivity contribution in [2.45, 2.75) is 13.3 Å². The number of rotatable bonds is 6. The summed E-state index contributed by atoms with van der Waals surface area (Å²) in [5.74, 6) is -1.01. The first-order chi connectivity index (χ1) is 5.66. The van der Waals surface area contributed by atoms with E-state index < -0.39 is 5.97 Å². The number of carboxylic acids is 1. The van der Waals surface area contributed by atoms with Crippen molar-refractivity contribution >= 4 is 23.2 Å². The van der Waals surface area contributed by atoms with Gasteiger partial charge in [0.15, 0.2) is 5.05 Å². The summed E-state index contributed by atoms with van der Waals surface area (Å²) < 4.78 is 9.67. The number of aliphatic carboxylic acids is 1. The summed E-state index contributed by atoms with van der Waals surface area (Å²) in [5.41, 5.74) is 0. The summed E-state index contributed by atoms with van der Waals surface area (Å²) in [4.78, 5) is 9.99. The van der Waals surface area contributed by atoms with Gasteiger partial charge in [-0.25, -0.2) is 4.79 Å². The highest BCUT2D eigenvalue weighted by molar-refractivity contribution is 7.80. The topological polar surface area (TPSA) is 55.8 Å².